The lowest BCUT2D eigenvalue weighted by molar-refractivity contribution is -0.143. The molecule has 0 fully saturated rings. The summed E-state index contributed by atoms with van der Waals surface area (Å²) in [6.07, 6.45) is 1.74. The standard InChI is InChI=1S/C24H24N4O5/c1-13(2)20(23(31)32)27-21(29)19(11-14-12-25-17-9-5-3-7-15(14)17)28-22(30)16-8-4-6-10-18(16)26-24(28)33/h3-10,12-13,19-20,25H,11H2,1-2H3,(H,26,33)(H,27,29)(H,31,32)/t19-,20+/m0/s1. The molecule has 2 aromatic heterocycles. The lowest BCUT2D eigenvalue weighted by Gasteiger charge is -2.23. The number of hydrogen-bond donors (Lipinski definition) is 4. The molecule has 4 N–H and O–H groups in total. The number of nitrogens with zero attached hydrogens (tertiary/aromatic N) is 1. The molecule has 2 atom stereocenters. The fourth-order valence-electron chi connectivity index (χ4n) is 4.03. The van der Waals surface area contributed by atoms with Gasteiger partial charge in [0.1, 0.15) is 12.1 Å². The first-order valence-electron chi connectivity index (χ1n) is 10.6. The molecule has 0 aliphatic rings. The Hall–Kier alpha value is -4.14. The second kappa shape index (κ2) is 8.78. The van der Waals surface area contributed by atoms with E-state index in [0.29, 0.717) is 5.52 Å². The van der Waals surface area contributed by atoms with Crippen LogP contribution < -0.4 is 16.6 Å². The van der Waals surface area contributed by atoms with Crippen molar-refractivity contribution in [3.8, 4) is 0 Å². The van der Waals surface area contributed by atoms with Crippen molar-refractivity contribution in [2.45, 2.75) is 32.4 Å². The zero-order chi connectivity index (χ0) is 23.7. The van der Waals surface area contributed by atoms with Crippen molar-refractivity contribution in [1.29, 1.82) is 0 Å². The Balaban J connectivity index is 1.85. The van der Waals surface area contributed by atoms with Crippen LogP contribution in [0, 0.1) is 5.92 Å². The van der Waals surface area contributed by atoms with Gasteiger partial charge in [-0.2, -0.15) is 0 Å². The molecule has 0 saturated heterocycles. The van der Waals surface area contributed by atoms with Crippen LogP contribution in [0.1, 0.15) is 25.5 Å². The molecule has 0 radical (unpaired) electrons. The van der Waals surface area contributed by atoms with Gasteiger partial charge in [0.2, 0.25) is 5.91 Å². The molecule has 0 unspecified atom stereocenters. The van der Waals surface area contributed by atoms with Crippen LogP contribution in [0.3, 0.4) is 0 Å². The molecule has 0 aliphatic carbocycles. The van der Waals surface area contributed by atoms with Crippen molar-refractivity contribution in [2.24, 2.45) is 5.92 Å². The van der Waals surface area contributed by atoms with E-state index >= 15 is 0 Å². The smallest absolute Gasteiger partial charge is 0.329 e. The lowest BCUT2D eigenvalue weighted by Crippen LogP contribution is -2.51. The molecule has 0 saturated carbocycles. The number of carbonyl (C=O) groups is 2. The number of benzene rings is 2. The fraction of sp³-hybridized carbons (Fsp3) is 0.250. The Kier molecular flexibility index (Phi) is 5.87. The van der Waals surface area contributed by atoms with Gasteiger partial charge >= 0.3 is 11.7 Å². The first kappa shape index (κ1) is 22.1. The normalized spacial score (nSPS) is 13.3. The van der Waals surface area contributed by atoms with Crippen molar-refractivity contribution in [2.75, 3.05) is 0 Å². The SMILES string of the molecule is CC(C)[C@@H](NC(=O)[C@H](Cc1c[nH]c2ccccc12)n1c(=O)[nH]c2ccccc2c1=O)C(=O)O. The van der Waals surface area contributed by atoms with Gasteiger partial charge in [-0.1, -0.05) is 44.2 Å². The van der Waals surface area contributed by atoms with E-state index in [9.17, 15) is 24.3 Å². The summed E-state index contributed by atoms with van der Waals surface area (Å²) in [6, 6.07) is 11.6. The predicted octanol–water partition coefficient (Wildman–Crippen LogP) is 2.18. The van der Waals surface area contributed by atoms with E-state index in [2.05, 4.69) is 15.3 Å². The van der Waals surface area contributed by atoms with Gasteiger partial charge in [0.05, 0.1) is 10.9 Å². The molecule has 0 aliphatic heterocycles. The van der Waals surface area contributed by atoms with Crippen LogP contribution in [-0.4, -0.2) is 37.6 Å². The van der Waals surface area contributed by atoms with Gasteiger partial charge in [0, 0.05) is 23.5 Å². The summed E-state index contributed by atoms with van der Waals surface area (Å²) < 4.78 is 0.874. The molecule has 4 aromatic rings. The Morgan fingerprint density at radius 1 is 1.00 bits per heavy atom. The van der Waals surface area contributed by atoms with Crippen LogP contribution in [0.2, 0.25) is 0 Å². The molecular formula is C24H24N4O5. The van der Waals surface area contributed by atoms with Crippen LogP contribution in [-0.2, 0) is 16.0 Å². The van der Waals surface area contributed by atoms with E-state index in [0.717, 1.165) is 21.0 Å². The average Bonchev–Trinajstić information content (AvgIpc) is 3.19. The number of hydrogen-bond acceptors (Lipinski definition) is 4. The maximum atomic E-state index is 13.4. The number of aromatic amines is 2. The Morgan fingerprint density at radius 2 is 1.64 bits per heavy atom. The Morgan fingerprint density at radius 3 is 2.30 bits per heavy atom. The van der Waals surface area contributed by atoms with E-state index in [-0.39, 0.29) is 11.8 Å². The van der Waals surface area contributed by atoms with E-state index < -0.39 is 41.1 Å². The molecule has 9 heteroatoms. The van der Waals surface area contributed by atoms with Gasteiger partial charge in [-0.3, -0.25) is 9.59 Å². The summed E-state index contributed by atoms with van der Waals surface area (Å²) in [4.78, 5) is 57.1. The molecule has 0 spiro atoms. The second-order valence-corrected chi connectivity index (χ2v) is 8.30. The number of rotatable bonds is 7. The van der Waals surface area contributed by atoms with Crippen molar-refractivity contribution in [3.05, 3.63) is 81.1 Å². The van der Waals surface area contributed by atoms with Crippen molar-refractivity contribution < 1.29 is 14.7 Å². The fourth-order valence-corrected chi connectivity index (χ4v) is 4.03. The number of carbonyl (C=O) groups excluding carboxylic acids is 1. The van der Waals surface area contributed by atoms with E-state index in [1.54, 1.807) is 44.3 Å². The minimum absolute atomic E-state index is 0.0155. The largest absolute Gasteiger partial charge is 0.480 e. The summed E-state index contributed by atoms with van der Waals surface area (Å²) >= 11 is 0. The number of carboxylic acid groups (broad SMARTS) is 1. The third kappa shape index (κ3) is 4.17. The molecule has 4 rings (SSSR count). The van der Waals surface area contributed by atoms with Gasteiger partial charge in [-0.25, -0.2) is 14.2 Å². The van der Waals surface area contributed by atoms with Crippen LogP contribution in [0.5, 0.6) is 0 Å². The maximum absolute atomic E-state index is 13.4. The highest BCUT2D eigenvalue weighted by Crippen LogP contribution is 2.23. The number of amides is 1. The van der Waals surface area contributed by atoms with Crippen LogP contribution in [0.25, 0.3) is 21.8 Å². The van der Waals surface area contributed by atoms with E-state index in [4.69, 9.17) is 0 Å². The second-order valence-electron chi connectivity index (χ2n) is 8.30. The minimum Gasteiger partial charge on any atom is -0.480 e. The zero-order valence-electron chi connectivity index (χ0n) is 18.2. The van der Waals surface area contributed by atoms with Crippen LogP contribution in [0.15, 0.2) is 64.3 Å². The maximum Gasteiger partial charge on any atom is 0.329 e. The highest BCUT2D eigenvalue weighted by atomic mass is 16.4. The number of para-hydroxylation sites is 2. The van der Waals surface area contributed by atoms with Crippen LogP contribution in [0.4, 0.5) is 0 Å². The Labute approximate surface area is 188 Å². The lowest BCUT2D eigenvalue weighted by atomic mass is 10.0. The van der Waals surface area contributed by atoms with E-state index in [1.807, 2.05) is 24.3 Å². The highest BCUT2D eigenvalue weighted by Gasteiger charge is 2.31. The third-order valence-electron chi connectivity index (χ3n) is 5.77. The Bertz CT molecular complexity index is 1460. The van der Waals surface area contributed by atoms with Crippen LogP contribution >= 0.6 is 0 Å². The van der Waals surface area contributed by atoms with Gasteiger partial charge in [-0.15, -0.1) is 0 Å². The van der Waals surface area contributed by atoms with Gasteiger partial charge in [-0.05, 0) is 29.7 Å². The number of fused-ring (bicyclic) bond motifs is 2. The van der Waals surface area contributed by atoms with Gasteiger partial charge in [0.25, 0.3) is 5.56 Å². The number of aliphatic carboxylic acids is 1. The summed E-state index contributed by atoms with van der Waals surface area (Å²) in [5.41, 5.74) is 0.570. The first-order chi connectivity index (χ1) is 15.8. The quantitative estimate of drug-likeness (QED) is 0.343. The molecule has 1 amide bonds. The van der Waals surface area contributed by atoms with Gasteiger partial charge in [0.15, 0.2) is 0 Å². The number of nitrogens with one attached hydrogen (secondary N) is 3. The monoisotopic (exact) mass is 448 g/mol. The highest BCUT2D eigenvalue weighted by molar-refractivity contribution is 5.88. The van der Waals surface area contributed by atoms with Crippen molar-refractivity contribution >= 4 is 33.7 Å². The molecular weight excluding hydrogens is 424 g/mol. The topological polar surface area (TPSA) is 137 Å². The van der Waals surface area contributed by atoms with Crippen molar-refractivity contribution in [1.82, 2.24) is 19.9 Å². The molecule has 2 aromatic carbocycles. The molecule has 170 valence electrons. The summed E-state index contributed by atoms with van der Waals surface area (Å²) in [6.45, 7) is 3.34. The number of H-pyrrole nitrogens is 2. The average molecular weight is 448 g/mol. The van der Waals surface area contributed by atoms with Gasteiger partial charge < -0.3 is 20.4 Å². The summed E-state index contributed by atoms with van der Waals surface area (Å²) in [7, 11) is 0. The van der Waals surface area contributed by atoms with E-state index in [1.165, 1.54) is 0 Å². The minimum atomic E-state index is -1.26. The summed E-state index contributed by atoms with van der Waals surface area (Å²) in [5, 5.41) is 13.2. The third-order valence-corrected chi connectivity index (χ3v) is 5.77. The van der Waals surface area contributed by atoms with Crippen molar-refractivity contribution in [3.63, 3.8) is 0 Å². The zero-order valence-corrected chi connectivity index (χ0v) is 18.2. The predicted molar refractivity (Wildman–Crippen MR) is 124 cm³/mol. The first-order valence-corrected chi connectivity index (χ1v) is 10.6. The molecule has 2 heterocycles. The number of carboxylic acids is 1. The number of aromatic nitrogens is 3. The molecule has 33 heavy (non-hydrogen) atoms. The molecule has 0 bridgehead atoms. The summed E-state index contributed by atoms with van der Waals surface area (Å²) in [5.74, 6) is -2.31. The molecule has 9 nitrogen and oxygen atoms in total.